The summed E-state index contributed by atoms with van der Waals surface area (Å²) in [6.45, 7) is 9.68. The number of ether oxygens (including phenoxy) is 1. The summed E-state index contributed by atoms with van der Waals surface area (Å²) in [5.74, 6) is -2.05. The molecular formula is C27H36O6. The third-order valence-corrected chi connectivity index (χ3v) is 10.5. The fourth-order valence-electron chi connectivity index (χ4n) is 8.07. The van der Waals surface area contributed by atoms with Crippen molar-refractivity contribution < 1.29 is 29.6 Å². The van der Waals surface area contributed by atoms with Gasteiger partial charge in [-0.1, -0.05) is 45.9 Å². The number of carbonyl (C=O) groups is 2. The number of rotatable bonds is 2. The Morgan fingerprint density at radius 2 is 1.64 bits per heavy atom. The SMILES string of the molecule is C[C@H]1C[C@]2(OC(=O)c3ccccc3)C(=O)[C@@]3(C)[C@H](O)C4C(CC[C@@]3(C)[C@H](O)C2[C@H]1O)C4(C)C. The molecule has 0 bridgehead atoms. The minimum atomic E-state index is -1.68. The summed E-state index contributed by atoms with van der Waals surface area (Å²) < 4.78 is 6.04. The molecule has 0 aromatic heterocycles. The van der Waals surface area contributed by atoms with E-state index in [1.54, 1.807) is 37.3 Å². The molecule has 4 fully saturated rings. The van der Waals surface area contributed by atoms with Crippen LogP contribution in [0.25, 0.3) is 0 Å². The van der Waals surface area contributed by atoms with Gasteiger partial charge in [-0.05, 0) is 61.5 Å². The zero-order chi connectivity index (χ0) is 24.1. The first kappa shape index (κ1) is 23.0. The highest BCUT2D eigenvalue weighted by Crippen LogP contribution is 2.73. The fourth-order valence-corrected chi connectivity index (χ4v) is 8.07. The summed E-state index contributed by atoms with van der Waals surface area (Å²) in [5, 5.41) is 34.7. The van der Waals surface area contributed by atoms with E-state index in [2.05, 4.69) is 13.8 Å². The Balaban J connectivity index is 1.64. The van der Waals surface area contributed by atoms with Crippen LogP contribution in [-0.4, -0.2) is 51.0 Å². The van der Waals surface area contributed by atoms with Crippen LogP contribution >= 0.6 is 0 Å². The van der Waals surface area contributed by atoms with E-state index in [0.717, 1.165) is 6.42 Å². The molecule has 1 aromatic rings. The van der Waals surface area contributed by atoms with Crippen LogP contribution in [0.5, 0.6) is 0 Å². The Labute approximate surface area is 195 Å². The van der Waals surface area contributed by atoms with Crippen molar-refractivity contribution in [2.75, 3.05) is 0 Å². The highest BCUT2D eigenvalue weighted by atomic mass is 16.6. The van der Waals surface area contributed by atoms with Gasteiger partial charge in [-0.15, -0.1) is 0 Å². The quantitative estimate of drug-likeness (QED) is 0.591. The maximum atomic E-state index is 14.6. The number of hydrogen-bond donors (Lipinski definition) is 3. The second kappa shape index (κ2) is 6.89. The zero-order valence-electron chi connectivity index (χ0n) is 20.1. The van der Waals surface area contributed by atoms with Crippen LogP contribution in [0.15, 0.2) is 30.3 Å². The van der Waals surface area contributed by atoms with Gasteiger partial charge in [0.2, 0.25) is 0 Å². The molecule has 180 valence electrons. The van der Waals surface area contributed by atoms with Crippen molar-refractivity contribution >= 4 is 11.8 Å². The highest BCUT2D eigenvalue weighted by Gasteiger charge is 2.80. The van der Waals surface area contributed by atoms with Crippen molar-refractivity contribution in [3.05, 3.63) is 35.9 Å². The van der Waals surface area contributed by atoms with Crippen LogP contribution in [0.4, 0.5) is 0 Å². The third kappa shape index (κ3) is 2.66. The first-order chi connectivity index (χ1) is 15.3. The number of Topliss-reactive ketones (excluding diaryl/α,β-unsaturated/α-hetero) is 1. The fraction of sp³-hybridized carbons (Fsp3) is 0.704. The Hall–Kier alpha value is -1.76. The van der Waals surface area contributed by atoms with Crippen molar-refractivity contribution in [1.82, 2.24) is 0 Å². The number of carbonyl (C=O) groups excluding carboxylic acids is 2. The minimum absolute atomic E-state index is 0.0531. The molecule has 0 amide bonds. The van der Waals surface area contributed by atoms with E-state index in [9.17, 15) is 24.9 Å². The van der Waals surface area contributed by atoms with Crippen molar-refractivity contribution in [2.24, 2.45) is 39.9 Å². The number of hydrogen-bond acceptors (Lipinski definition) is 6. The Bertz CT molecular complexity index is 990. The smallest absolute Gasteiger partial charge is 0.339 e. The number of benzene rings is 1. The van der Waals surface area contributed by atoms with Crippen LogP contribution in [0, 0.1) is 39.9 Å². The largest absolute Gasteiger partial charge is 0.447 e. The van der Waals surface area contributed by atoms with Crippen molar-refractivity contribution in [2.45, 2.75) is 77.8 Å². The minimum Gasteiger partial charge on any atom is -0.447 e. The molecule has 0 aliphatic heterocycles. The normalized spacial score (nSPS) is 49.9. The van der Waals surface area contributed by atoms with E-state index in [-0.39, 0.29) is 35.4 Å². The predicted molar refractivity (Wildman–Crippen MR) is 121 cm³/mol. The van der Waals surface area contributed by atoms with Crippen LogP contribution in [-0.2, 0) is 9.53 Å². The second-order valence-electron chi connectivity index (χ2n) is 12.2. The first-order valence-electron chi connectivity index (χ1n) is 12.2. The maximum absolute atomic E-state index is 14.6. The molecule has 6 heteroatoms. The molecule has 3 N–H and O–H groups in total. The lowest BCUT2D eigenvalue weighted by molar-refractivity contribution is -0.229. The van der Waals surface area contributed by atoms with Gasteiger partial charge in [-0.3, -0.25) is 4.79 Å². The summed E-state index contributed by atoms with van der Waals surface area (Å²) in [6.07, 6.45) is -1.55. The van der Waals surface area contributed by atoms with Crippen molar-refractivity contribution in [3.8, 4) is 0 Å². The summed E-state index contributed by atoms with van der Waals surface area (Å²) in [6, 6.07) is 8.47. The predicted octanol–water partition coefficient (Wildman–Crippen LogP) is 2.98. The van der Waals surface area contributed by atoms with Gasteiger partial charge in [0.05, 0.1) is 35.2 Å². The molecule has 4 aliphatic carbocycles. The zero-order valence-corrected chi connectivity index (χ0v) is 20.1. The summed E-state index contributed by atoms with van der Waals surface area (Å²) in [5.41, 5.74) is -3.70. The van der Waals surface area contributed by atoms with E-state index in [1.165, 1.54) is 0 Å². The van der Waals surface area contributed by atoms with Crippen LogP contribution in [0.1, 0.15) is 64.2 Å². The van der Waals surface area contributed by atoms with E-state index in [0.29, 0.717) is 12.0 Å². The van der Waals surface area contributed by atoms with Crippen LogP contribution < -0.4 is 0 Å². The van der Waals surface area contributed by atoms with Gasteiger partial charge < -0.3 is 20.1 Å². The molecule has 4 saturated carbocycles. The van der Waals surface area contributed by atoms with Crippen molar-refractivity contribution in [3.63, 3.8) is 0 Å². The number of aliphatic hydroxyl groups excluding tert-OH is 3. The Morgan fingerprint density at radius 3 is 2.27 bits per heavy atom. The summed E-state index contributed by atoms with van der Waals surface area (Å²) in [4.78, 5) is 27.8. The molecule has 5 rings (SSSR count). The molecule has 4 aliphatic rings. The summed E-state index contributed by atoms with van der Waals surface area (Å²) >= 11 is 0. The van der Waals surface area contributed by atoms with Crippen LogP contribution in [0.3, 0.4) is 0 Å². The molecule has 0 radical (unpaired) electrons. The maximum Gasteiger partial charge on any atom is 0.339 e. The average Bonchev–Trinajstić information content (AvgIpc) is 3.26. The van der Waals surface area contributed by atoms with Gasteiger partial charge in [-0.25, -0.2) is 4.79 Å². The van der Waals surface area contributed by atoms with Gasteiger partial charge >= 0.3 is 5.97 Å². The van der Waals surface area contributed by atoms with Gasteiger partial charge in [-0.2, -0.15) is 0 Å². The third-order valence-electron chi connectivity index (χ3n) is 10.5. The van der Waals surface area contributed by atoms with E-state index in [1.807, 2.05) is 13.8 Å². The van der Waals surface area contributed by atoms with Crippen LogP contribution in [0.2, 0.25) is 0 Å². The topological polar surface area (TPSA) is 104 Å². The summed E-state index contributed by atoms with van der Waals surface area (Å²) in [7, 11) is 0. The first-order valence-corrected chi connectivity index (χ1v) is 12.2. The van der Waals surface area contributed by atoms with Crippen molar-refractivity contribution in [1.29, 1.82) is 0 Å². The van der Waals surface area contributed by atoms with Gasteiger partial charge in [0.1, 0.15) is 0 Å². The van der Waals surface area contributed by atoms with E-state index < -0.39 is 46.6 Å². The monoisotopic (exact) mass is 456 g/mol. The molecule has 6 nitrogen and oxygen atoms in total. The molecule has 1 aromatic carbocycles. The molecule has 10 atom stereocenters. The lowest BCUT2D eigenvalue weighted by Crippen LogP contribution is -2.73. The van der Waals surface area contributed by atoms with Gasteiger partial charge in [0, 0.05) is 5.41 Å². The van der Waals surface area contributed by atoms with E-state index in [4.69, 9.17) is 4.74 Å². The molecule has 3 unspecified atom stereocenters. The molecule has 0 spiro atoms. The molecule has 0 heterocycles. The average molecular weight is 457 g/mol. The Kier molecular flexibility index (Phi) is 4.81. The Morgan fingerprint density at radius 1 is 1.00 bits per heavy atom. The van der Waals surface area contributed by atoms with Gasteiger partial charge in [0.15, 0.2) is 11.4 Å². The highest BCUT2D eigenvalue weighted by molar-refractivity contribution is 5.99. The lowest BCUT2D eigenvalue weighted by atomic mass is 9.46. The second-order valence-corrected chi connectivity index (χ2v) is 12.2. The molecular weight excluding hydrogens is 420 g/mol. The number of aliphatic hydroxyl groups is 3. The standard InChI is InChI=1S/C27H36O6/c1-14-13-27(33-22(31)15-9-7-6-8-10-15)18(19(14)28)20(29)25(4)12-11-16-17(24(16,2)3)21(30)26(25,5)23(27)32/h6-10,14,16-21,28-30H,11-13H2,1-5H3/t14-,16?,17?,18?,19-,20+,21+,25-,26+,27+/m0/s1. The van der Waals surface area contributed by atoms with E-state index >= 15 is 0 Å². The number of ketones is 1. The lowest BCUT2D eigenvalue weighted by Gasteiger charge is -2.60. The van der Waals surface area contributed by atoms with Gasteiger partial charge in [0.25, 0.3) is 0 Å². The number of esters is 1. The molecule has 33 heavy (non-hydrogen) atoms. The number of fused-ring (bicyclic) bond motifs is 3. The molecule has 0 saturated heterocycles.